The highest BCUT2D eigenvalue weighted by atomic mass is 16.5. The van der Waals surface area contributed by atoms with Crippen LogP contribution in [-0.2, 0) is 9.53 Å². The van der Waals surface area contributed by atoms with Crippen molar-refractivity contribution in [1.82, 2.24) is 10.2 Å². The molecule has 2 rings (SSSR count). The lowest BCUT2D eigenvalue weighted by Gasteiger charge is -2.41. The van der Waals surface area contributed by atoms with Crippen LogP contribution in [0.2, 0.25) is 0 Å². The fourth-order valence-corrected chi connectivity index (χ4v) is 2.96. The Morgan fingerprint density at radius 1 is 1.27 bits per heavy atom. The standard InChI is InChI=1S/C18H28N2O2/c1-4-16(15-8-6-5-7-9-15)17(21)19-14-18(2,3)20-10-12-22-13-11-20/h5-9,16H,4,10-14H2,1-3H3,(H,19,21). The summed E-state index contributed by atoms with van der Waals surface area (Å²) >= 11 is 0. The summed E-state index contributed by atoms with van der Waals surface area (Å²) in [7, 11) is 0. The Morgan fingerprint density at radius 2 is 1.91 bits per heavy atom. The van der Waals surface area contributed by atoms with Gasteiger partial charge in [-0.25, -0.2) is 0 Å². The summed E-state index contributed by atoms with van der Waals surface area (Å²) in [6.07, 6.45) is 0.813. The van der Waals surface area contributed by atoms with Crippen molar-refractivity contribution >= 4 is 5.91 Å². The minimum Gasteiger partial charge on any atom is -0.379 e. The number of hydrogen-bond donors (Lipinski definition) is 1. The molecule has 0 radical (unpaired) electrons. The number of nitrogens with one attached hydrogen (secondary N) is 1. The van der Waals surface area contributed by atoms with Crippen LogP contribution >= 0.6 is 0 Å². The number of nitrogens with zero attached hydrogens (tertiary/aromatic N) is 1. The van der Waals surface area contributed by atoms with Crippen molar-refractivity contribution in [2.75, 3.05) is 32.8 Å². The van der Waals surface area contributed by atoms with Crippen LogP contribution in [0.25, 0.3) is 0 Å². The smallest absolute Gasteiger partial charge is 0.227 e. The van der Waals surface area contributed by atoms with Crippen LogP contribution in [0.15, 0.2) is 30.3 Å². The van der Waals surface area contributed by atoms with Crippen molar-refractivity contribution < 1.29 is 9.53 Å². The summed E-state index contributed by atoms with van der Waals surface area (Å²) in [6.45, 7) is 10.5. The first kappa shape index (κ1) is 17.0. The van der Waals surface area contributed by atoms with E-state index in [9.17, 15) is 4.79 Å². The van der Waals surface area contributed by atoms with E-state index in [0.717, 1.165) is 38.3 Å². The maximum Gasteiger partial charge on any atom is 0.227 e. The molecule has 4 nitrogen and oxygen atoms in total. The summed E-state index contributed by atoms with van der Waals surface area (Å²) in [5.74, 6) is 0.0525. The Kier molecular flexibility index (Phi) is 5.98. The average molecular weight is 304 g/mol. The van der Waals surface area contributed by atoms with E-state index in [4.69, 9.17) is 4.74 Å². The zero-order valence-corrected chi connectivity index (χ0v) is 14.0. The molecule has 1 heterocycles. The molecule has 0 bridgehead atoms. The molecular weight excluding hydrogens is 276 g/mol. The van der Waals surface area contributed by atoms with Crippen LogP contribution in [0.4, 0.5) is 0 Å². The molecule has 1 saturated heterocycles. The van der Waals surface area contributed by atoms with E-state index in [-0.39, 0.29) is 17.4 Å². The molecule has 1 unspecified atom stereocenters. The second kappa shape index (κ2) is 7.75. The van der Waals surface area contributed by atoms with Crippen LogP contribution in [-0.4, -0.2) is 49.2 Å². The average Bonchev–Trinajstić information content (AvgIpc) is 2.56. The molecule has 1 aliphatic rings. The summed E-state index contributed by atoms with van der Waals surface area (Å²) in [5, 5.41) is 3.15. The molecule has 1 aromatic rings. The molecule has 122 valence electrons. The van der Waals surface area contributed by atoms with E-state index < -0.39 is 0 Å². The Bertz CT molecular complexity index is 467. The Labute approximate surface area is 133 Å². The highest BCUT2D eigenvalue weighted by Gasteiger charge is 2.29. The first-order valence-electron chi connectivity index (χ1n) is 8.20. The van der Waals surface area contributed by atoms with Crippen LogP contribution < -0.4 is 5.32 Å². The lowest BCUT2D eigenvalue weighted by molar-refractivity contribution is -0.123. The van der Waals surface area contributed by atoms with E-state index in [1.54, 1.807) is 0 Å². The number of rotatable bonds is 6. The van der Waals surface area contributed by atoms with E-state index in [2.05, 4.69) is 31.0 Å². The van der Waals surface area contributed by atoms with Crippen LogP contribution in [0.1, 0.15) is 38.7 Å². The zero-order chi connectivity index (χ0) is 16.0. The number of hydrogen-bond acceptors (Lipinski definition) is 3. The van der Waals surface area contributed by atoms with E-state index in [1.165, 1.54) is 0 Å². The van der Waals surface area contributed by atoms with Gasteiger partial charge in [0.15, 0.2) is 0 Å². The second-order valence-electron chi connectivity index (χ2n) is 6.50. The predicted molar refractivity (Wildman–Crippen MR) is 89.0 cm³/mol. The highest BCUT2D eigenvalue weighted by Crippen LogP contribution is 2.20. The minimum absolute atomic E-state index is 0.0472. The van der Waals surface area contributed by atoms with Gasteiger partial charge in [0.25, 0.3) is 0 Å². The molecule has 0 saturated carbocycles. The molecule has 1 N–H and O–H groups in total. The molecule has 0 aromatic heterocycles. The first-order valence-corrected chi connectivity index (χ1v) is 8.20. The third kappa shape index (κ3) is 4.31. The van der Waals surface area contributed by atoms with E-state index in [0.29, 0.717) is 6.54 Å². The monoisotopic (exact) mass is 304 g/mol. The van der Waals surface area contributed by atoms with Gasteiger partial charge < -0.3 is 10.1 Å². The van der Waals surface area contributed by atoms with Crippen molar-refractivity contribution in [3.05, 3.63) is 35.9 Å². The van der Waals surface area contributed by atoms with Crippen LogP contribution in [0.5, 0.6) is 0 Å². The van der Waals surface area contributed by atoms with Crippen LogP contribution in [0, 0.1) is 0 Å². The molecule has 0 spiro atoms. The molecule has 22 heavy (non-hydrogen) atoms. The Balaban J connectivity index is 1.93. The van der Waals surface area contributed by atoms with Crippen molar-refractivity contribution in [3.8, 4) is 0 Å². The van der Waals surface area contributed by atoms with Gasteiger partial charge in [0.05, 0.1) is 19.1 Å². The van der Waals surface area contributed by atoms with Crippen LogP contribution in [0.3, 0.4) is 0 Å². The van der Waals surface area contributed by atoms with Crippen molar-refractivity contribution in [2.45, 2.75) is 38.6 Å². The van der Waals surface area contributed by atoms with Gasteiger partial charge in [0.1, 0.15) is 0 Å². The largest absolute Gasteiger partial charge is 0.379 e. The third-order valence-corrected chi connectivity index (χ3v) is 4.49. The number of morpholine rings is 1. The van der Waals surface area contributed by atoms with Gasteiger partial charge >= 0.3 is 0 Å². The zero-order valence-electron chi connectivity index (χ0n) is 14.0. The number of amides is 1. The van der Waals surface area contributed by atoms with Gasteiger partial charge in [-0.2, -0.15) is 0 Å². The second-order valence-corrected chi connectivity index (χ2v) is 6.50. The molecule has 4 heteroatoms. The molecule has 1 aliphatic heterocycles. The SMILES string of the molecule is CCC(C(=O)NCC(C)(C)N1CCOCC1)c1ccccc1. The Morgan fingerprint density at radius 3 is 2.50 bits per heavy atom. The molecular formula is C18H28N2O2. The first-order chi connectivity index (χ1) is 10.5. The molecule has 0 aliphatic carbocycles. The summed E-state index contributed by atoms with van der Waals surface area (Å²) < 4.78 is 5.40. The summed E-state index contributed by atoms with van der Waals surface area (Å²) in [6, 6.07) is 10.0. The third-order valence-electron chi connectivity index (χ3n) is 4.49. The lowest BCUT2D eigenvalue weighted by Crippen LogP contribution is -2.55. The Hall–Kier alpha value is -1.39. The van der Waals surface area contributed by atoms with Gasteiger partial charge in [-0.15, -0.1) is 0 Å². The fraction of sp³-hybridized carbons (Fsp3) is 0.611. The number of ether oxygens (including phenoxy) is 1. The molecule has 1 atom stereocenters. The molecule has 1 aromatic carbocycles. The summed E-state index contributed by atoms with van der Waals surface area (Å²) in [4.78, 5) is 14.9. The van der Waals surface area contributed by atoms with Crippen molar-refractivity contribution in [1.29, 1.82) is 0 Å². The highest BCUT2D eigenvalue weighted by molar-refractivity contribution is 5.83. The van der Waals surface area contributed by atoms with Crippen molar-refractivity contribution in [2.24, 2.45) is 0 Å². The van der Waals surface area contributed by atoms with Gasteiger partial charge in [0.2, 0.25) is 5.91 Å². The van der Waals surface area contributed by atoms with E-state index in [1.807, 2.05) is 30.3 Å². The van der Waals surface area contributed by atoms with Gasteiger partial charge in [-0.1, -0.05) is 37.3 Å². The van der Waals surface area contributed by atoms with Gasteiger partial charge in [-0.3, -0.25) is 9.69 Å². The lowest BCUT2D eigenvalue weighted by atomic mass is 9.95. The normalized spacial score (nSPS) is 18.0. The minimum atomic E-state index is -0.0679. The molecule has 1 amide bonds. The quantitative estimate of drug-likeness (QED) is 0.877. The topological polar surface area (TPSA) is 41.6 Å². The number of benzene rings is 1. The summed E-state index contributed by atoms with van der Waals surface area (Å²) in [5.41, 5.74) is 1.04. The van der Waals surface area contributed by atoms with Gasteiger partial charge in [-0.05, 0) is 25.8 Å². The predicted octanol–water partition coefficient (Wildman–Crippen LogP) is 2.41. The van der Waals surface area contributed by atoms with Crippen molar-refractivity contribution in [3.63, 3.8) is 0 Å². The number of carbonyl (C=O) groups excluding carboxylic acids is 1. The molecule has 1 fully saturated rings. The van der Waals surface area contributed by atoms with Gasteiger partial charge in [0, 0.05) is 25.2 Å². The maximum atomic E-state index is 12.5. The fourth-order valence-electron chi connectivity index (χ4n) is 2.96. The maximum absolute atomic E-state index is 12.5. The number of carbonyl (C=O) groups is 1. The van der Waals surface area contributed by atoms with E-state index >= 15 is 0 Å².